The van der Waals surface area contributed by atoms with Crippen molar-refractivity contribution in [2.75, 3.05) is 39.1 Å². The van der Waals surface area contributed by atoms with Gasteiger partial charge < -0.3 is 15.0 Å². The maximum Gasteiger partial charge on any atom is 0.243 e. The van der Waals surface area contributed by atoms with Gasteiger partial charge in [-0.25, -0.2) is 8.42 Å². The predicted molar refractivity (Wildman–Crippen MR) is 108 cm³/mol. The summed E-state index contributed by atoms with van der Waals surface area (Å²) < 4.78 is 33.7. The fraction of sp³-hybridized carbons (Fsp3) is 0.350. The quantitative estimate of drug-likeness (QED) is 0.829. The third-order valence-electron chi connectivity index (χ3n) is 4.81. The minimum absolute atomic E-state index is 0.127. The van der Waals surface area contributed by atoms with E-state index in [0.29, 0.717) is 31.1 Å². The average Bonchev–Trinajstić information content (AvgIpc) is 2.68. The molecular weight excluding hydrogens is 378 g/mol. The van der Waals surface area contributed by atoms with Crippen LogP contribution in [0.2, 0.25) is 0 Å². The minimum atomic E-state index is -3.77. The van der Waals surface area contributed by atoms with Gasteiger partial charge in [0.2, 0.25) is 15.9 Å². The first-order valence-corrected chi connectivity index (χ1v) is 10.5. The van der Waals surface area contributed by atoms with Gasteiger partial charge >= 0.3 is 0 Å². The van der Waals surface area contributed by atoms with Crippen LogP contribution in [0, 0.1) is 0 Å². The number of ether oxygens (including phenoxy) is 1. The molecule has 1 fully saturated rings. The van der Waals surface area contributed by atoms with E-state index in [1.54, 1.807) is 10.4 Å². The van der Waals surface area contributed by atoms with Gasteiger partial charge in [0, 0.05) is 26.6 Å². The van der Waals surface area contributed by atoms with Crippen molar-refractivity contribution in [3.05, 3.63) is 54.1 Å². The molecule has 28 heavy (non-hydrogen) atoms. The third-order valence-corrected chi connectivity index (χ3v) is 6.71. The number of hydrogen-bond donors (Lipinski definition) is 1. The fourth-order valence-corrected chi connectivity index (χ4v) is 5.03. The van der Waals surface area contributed by atoms with Gasteiger partial charge in [0.1, 0.15) is 5.75 Å². The molecule has 8 heteroatoms. The second kappa shape index (κ2) is 8.30. The number of carbonyl (C=O) groups excluding carboxylic acids is 1. The lowest BCUT2D eigenvalue weighted by atomic mass is 10.1. The number of amides is 1. The van der Waals surface area contributed by atoms with Crippen LogP contribution in [-0.4, -0.2) is 57.3 Å². The van der Waals surface area contributed by atoms with Crippen LogP contribution in [0.25, 0.3) is 0 Å². The van der Waals surface area contributed by atoms with Crippen LogP contribution in [0.5, 0.6) is 5.75 Å². The van der Waals surface area contributed by atoms with Gasteiger partial charge in [-0.2, -0.15) is 4.31 Å². The first kappa shape index (κ1) is 20.3. The van der Waals surface area contributed by atoms with Gasteiger partial charge in [-0.05, 0) is 30.8 Å². The van der Waals surface area contributed by atoms with Crippen LogP contribution in [0.4, 0.5) is 5.69 Å². The first-order valence-electron chi connectivity index (χ1n) is 9.04. The van der Waals surface area contributed by atoms with Crippen LogP contribution >= 0.6 is 0 Å². The van der Waals surface area contributed by atoms with Crippen LogP contribution in [-0.2, 0) is 14.8 Å². The van der Waals surface area contributed by atoms with Gasteiger partial charge in [-0.3, -0.25) is 4.79 Å². The molecule has 2 aromatic carbocycles. The maximum atomic E-state index is 13.5. The van der Waals surface area contributed by atoms with E-state index in [0.717, 1.165) is 5.56 Å². The lowest BCUT2D eigenvalue weighted by Gasteiger charge is -2.39. The minimum Gasteiger partial charge on any atom is -0.495 e. The SMILES string of the molecule is COc1ccc(S(=O)(=O)N2CCN(C)CC2c2ccccc2)cc1NC(C)=O. The van der Waals surface area contributed by atoms with Crippen molar-refractivity contribution < 1.29 is 17.9 Å². The Morgan fingerprint density at radius 2 is 1.86 bits per heavy atom. The Hall–Kier alpha value is -2.42. The lowest BCUT2D eigenvalue weighted by Crippen LogP contribution is -2.49. The van der Waals surface area contributed by atoms with Gasteiger partial charge in [-0.1, -0.05) is 30.3 Å². The van der Waals surface area contributed by atoms with Crippen molar-refractivity contribution >= 4 is 21.6 Å². The van der Waals surface area contributed by atoms with E-state index in [1.807, 2.05) is 37.4 Å². The van der Waals surface area contributed by atoms with Crippen LogP contribution in [0.1, 0.15) is 18.5 Å². The highest BCUT2D eigenvalue weighted by Crippen LogP contribution is 2.34. The summed E-state index contributed by atoms with van der Waals surface area (Å²) in [4.78, 5) is 13.7. The topological polar surface area (TPSA) is 79.0 Å². The van der Waals surface area contributed by atoms with E-state index in [2.05, 4.69) is 10.2 Å². The van der Waals surface area contributed by atoms with Crippen LogP contribution in [0.3, 0.4) is 0 Å². The number of anilines is 1. The number of methoxy groups -OCH3 is 1. The highest BCUT2D eigenvalue weighted by atomic mass is 32.2. The fourth-order valence-electron chi connectivity index (χ4n) is 3.41. The maximum absolute atomic E-state index is 13.5. The van der Waals surface area contributed by atoms with Crippen LogP contribution < -0.4 is 10.1 Å². The average molecular weight is 404 g/mol. The van der Waals surface area contributed by atoms with Gasteiger partial charge in [0.15, 0.2) is 0 Å². The molecule has 0 saturated carbocycles. The molecule has 1 amide bonds. The Morgan fingerprint density at radius 3 is 2.50 bits per heavy atom. The summed E-state index contributed by atoms with van der Waals surface area (Å²) in [6.45, 7) is 3.02. The molecule has 1 N–H and O–H groups in total. The molecule has 1 aliphatic rings. The summed E-state index contributed by atoms with van der Waals surface area (Å²) >= 11 is 0. The monoisotopic (exact) mass is 403 g/mol. The van der Waals surface area contributed by atoms with Gasteiger partial charge in [0.25, 0.3) is 0 Å². The molecule has 1 saturated heterocycles. The molecule has 2 aromatic rings. The first-order chi connectivity index (χ1) is 13.3. The number of sulfonamides is 1. The molecule has 3 rings (SSSR count). The molecular formula is C20H25N3O4S. The second-order valence-corrected chi connectivity index (χ2v) is 8.74. The number of carbonyl (C=O) groups is 1. The molecule has 150 valence electrons. The molecule has 1 atom stereocenters. The van der Waals surface area contributed by atoms with Crippen molar-refractivity contribution in [2.45, 2.75) is 17.9 Å². The van der Waals surface area contributed by atoms with Crippen LogP contribution in [0.15, 0.2) is 53.4 Å². The van der Waals surface area contributed by atoms with E-state index in [9.17, 15) is 13.2 Å². The number of hydrogen-bond acceptors (Lipinski definition) is 5. The molecule has 1 heterocycles. The van der Waals surface area contributed by atoms with Gasteiger partial charge in [0.05, 0.1) is 23.7 Å². The summed E-state index contributed by atoms with van der Waals surface area (Å²) in [7, 11) is -0.305. The number of benzene rings is 2. The Labute approximate surface area is 166 Å². The number of rotatable bonds is 5. The van der Waals surface area contributed by atoms with E-state index in [4.69, 9.17) is 4.74 Å². The lowest BCUT2D eigenvalue weighted by molar-refractivity contribution is -0.114. The molecule has 7 nitrogen and oxygen atoms in total. The molecule has 0 aromatic heterocycles. The molecule has 1 unspecified atom stereocenters. The normalized spacial score (nSPS) is 18.6. The molecule has 1 aliphatic heterocycles. The predicted octanol–water partition coefficient (Wildman–Crippen LogP) is 2.33. The molecule has 0 bridgehead atoms. The van der Waals surface area contributed by atoms with E-state index >= 15 is 0 Å². The smallest absolute Gasteiger partial charge is 0.243 e. The summed E-state index contributed by atoms with van der Waals surface area (Å²) in [6, 6.07) is 13.9. The van der Waals surface area contributed by atoms with E-state index < -0.39 is 10.0 Å². The zero-order valence-electron chi connectivity index (χ0n) is 16.3. The van der Waals surface area contributed by atoms with E-state index in [-0.39, 0.29) is 16.8 Å². The summed E-state index contributed by atoms with van der Waals surface area (Å²) in [5.41, 5.74) is 1.29. The van der Waals surface area contributed by atoms with E-state index in [1.165, 1.54) is 26.2 Å². The highest BCUT2D eigenvalue weighted by molar-refractivity contribution is 7.89. The number of likely N-dealkylation sites (N-methyl/N-ethyl adjacent to an activating group) is 1. The van der Waals surface area contributed by atoms with Crippen molar-refractivity contribution in [1.29, 1.82) is 0 Å². The Morgan fingerprint density at radius 1 is 1.14 bits per heavy atom. The summed E-state index contributed by atoms with van der Waals surface area (Å²) in [5.74, 6) is 0.113. The third kappa shape index (κ3) is 4.19. The van der Waals surface area contributed by atoms with Crippen molar-refractivity contribution in [3.8, 4) is 5.75 Å². The number of piperazine rings is 1. The Bertz CT molecular complexity index is 947. The molecule has 0 radical (unpaired) electrons. The van der Waals surface area contributed by atoms with Crippen molar-refractivity contribution in [2.24, 2.45) is 0 Å². The molecule has 0 aliphatic carbocycles. The highest BCUT2D eigenvalue weighted by Gasteiger charge is 2.36. The Balaban J connectivity index is 2.01. The second-order valence-electron chi connectivity index (χ2n) is 6.85. The standard InChI is InChI=1S/C20H25N3O4S/c1-15(24)21-18-13-17(9-10-20(18)27-3)28(25,26)23-12-11-22(2)14-19(23)16-7-5-4-6-8-16/h4-10,13,19H,11-12,14H2,1-3H3,(H,21,24). The van der Waals surface area contributed by atoms with Crippen molar-refractivity contribution in [1.82, 2.24) is 9.21 Å². The number of nitrogens with one attached hydrogen (secondary N) is 1. The summed E-state index contributed by atoms with van der Waals surface area (Å²) in [6.07, 6.45) is 0. The molecule has 0 spiro atoms. The van der Waals surface area contributed by atoms with Crippen molar-refractivity contribution in [3.63, 3.8) is 0 Å². The zero-order valence-corrected chi connectivity index (χ0v) is 17.1. The Kier molecular flexibility index (Phi) is 6.02. The zero-order chi connectivity index (χ0) is 20.3. The number of nitrogens with zero attached hydrogens (tertiary/aromatic N) is 2. The van der Waals surface area contributed by atoms with Gasteiger partial charge in [-0.15, -0.1) is 0 Å². The largest absolute Gasteiger partial charge is 0.495 e. The summed E-state index contributed by atoms with van der Waals surface area (Å²) in [5, 5.41) is 2.63.